The van der Waals surface area contributed by atoms with Crippen LogP contribution in [0, 0.1) is 0 Å². The first-order valence-corrected chi connectivity index (χ1v) is 6.88. The normalized spacial score (nSPS) is 10.7. The molecule has 0 atom stereocenters. The van der Waals surface area contributed by atoms with Gasteiger partial charge in [0.25, 0.3) is 0 Å². The molecule has 8 heteroatoms. The summed E-state index contributed by atoms with van der Waals surface area (Å²) in [4.78, 5) is 24.4. The zero-order valence-corrected chi connectivity index (χ0v) is 12.5. The van der Waals surface area contributed by atoms with Gasteiger partial charge in [0, 0.05) is 26.7 Å². The van der Waals surface area contributed by atoms with E-state index in [1.54, 1.807) is 4.90 Å². The standard InChI is InChI=1S/C13H25NO7/c1-19-10-11-21-13(18)3-2-12(17)20-9-6-14(4-7-15)5-8-16/h15-16H,2-11H2,1H3. The van der Waals surface area contributed by atoms with Crippen molar-refractivity contribution >= 4 is 11.9 Å². The number of aliphatic hydroxyl groups is 2. The van der Waals surface area contributed by atoms with E-state index < -0.39 is 11.9 Å². The van der Waals surface area contributed by atoms with Gasteiger partial charge in [0.05, 0.1) is 32.7 Å². The van der Waals surface area contributed by atoms with Gasteiger partial charge in [0.1, 0.15) is 13.2 Å². The van der Waals surface area contributed by atoms with Crippen molar-refractivity contribution in [3.8, 4) is 0 Å². The molecule has 0 bridgehead atoms. The van der Waals surface area contributed by atoms with Gasteiger partial charge in [-0.1, -0.05) is 0 Å². The summed E-state index contributed by atoms with van der Waals surface area (Å²) in [6.45, 7) is 1.82. The molecule has 8 nitrogen and oxygen atoms in total. The highest BCUT2D eigenvalue weighted by molar-refractivity contribution is 5.77. The number of carbonyl (C=O) groups excluding carboxylic acids is 2. The third-order valence-electron chi connectivity index (χ3n) is 2.59. The van der Waals surface area contributed by atoms with Crippen LogP contribution in [0.15, 0.2) is 0 Å². The number of carbonyl (C=O) groups is 2. The van der Waals surface area contributed by atoms with Gasteiger partial charge >= 0.3 is 11.9 Å². The van der Waals surface area contributed by atoms with Gasteiger partial charge in [0.2, 0.25) is 0 Å². The largest absolute Gasteiger partial charge is 0.464 e. The Hall–Kier alpha value is -1.22. The lowest BCUT2D eigenvalue weighted by atomic mass is 10.3. The van der Waals surface area contributed by atoms with Crippen LogP contribution < -0.4 is 0 Å². The van der Waals surface area contributed by atoms with Crippen molar-refractivity contribution in [1.82, 2.24) is 4.90 Å². The quantitative estimate of drug-likeness (QED) is 0.322. The Kier molecular flexibility index (Phi) is 13.0. The SMILES string of the molecule is COCCOC(=O)CCC(=O)OCCN(CCO)CCO. The number of hydrogen-bond acceptors (Lipinski definition) is 8. The Labute approximate surface area is 124 Å². The molecule has 0 aliphatic carbocycles. The van der Waals surface area contributed by atoms with E-state index in [9.17, 15) is 9.59 Å². The summed E-state index contributed by atoms with van der Waals surface area (Å²) < 4.78 is 14.5. The third-order valence-corrected chi connectivity index (χ3v) is 2.59. The molecule has 0 heterocycles. The predicted molar refractivity (Wildman–Crippen MR) is 73.6 cm³/mol. The average Bonchev–Trinajstić information content (AvgIpc) is 2.46. The third kappa shape index (κ3) is 12.2. The highest BCUT2D eigenvalue weighted by atomic mass is 16.6. The summed E-state index contributed by atoms with van der Waals surface area (Å²) in [6.07, 6.45) is -0.0641. The van der Waals surface area contributed by atoms with Gasteiger partial charge in [-0.3, -0.25) is 14.5 Å². The molecule has 0 aliphatic rings. The second-order valence-electron chi connectivity index (χ2n) is 4.22. The summed E-state index contributed by atoms with van der Waals surface area (Å²) in [5, 5.41) is 17.6. The van der Waals surface area contributed by atoms with E-state index in [2.05, 4.69) is 0 Å². The Balaban J connectivity index is 3.67. The summed E-state index contributed by atoms with van der Waals surface area (Å²) in [7, 11) is 1.50. The molecule has 0 radical (unpaired) electrons. The Morgan fingerprint density at radius 3 is 1.86 bits per heavy atom. The molecule has 0 amide bonds. The monoisotopic (exact) mass is 307 g/mol. The van der Waals surface area contributed by atoms with Crippen molar-refractivity contribution in [1.29, 1.82) is 0 Å². The fourth-order valence-corrected chi connectivity index (χ4v) is 1.49. The minimum atomic E-state index is -0.480. The van der Waals surface area contributed by atoms with E-state index in [0.29, 0.717) is 26.2 Å². The van der Waals surface area contributed by atoms with Crippen LogP contribution in [-0.4, -0.2) is 86.8 Å². The van der Waals surface area contributed by atoms with Crippen LogP contribution in [0.2, 0.25) is 0 Å². The van der Waals surface area contributed by atoms with Crippen molar-refractivity contribution in [3.63, 3.8) is 0 Å². The highest BCUT2D eigenvalue weighted by Gasteiger charge is 2.10. The van der Waals surface area contributed by atoms with Crippen LogP contribution in [0.4, 0.5) is 0 Å². The minimum absolute atomic E-state index is 0.0265. The van der Waals surface area contributed by atoms with Crippen LogP contribution >= 0.6 is 0 Å². The van der Waals surface area contributed by atoms with Crippen molar-refractivity contribution in [2.75, 3.05) is 59.8 Å². The first-order chi connectivity index (χ1) is 10.1. The maximum Gasteiger partial charge on any atom is 0.306 e. The van der Waals surface area contributed by atoms with Crippen LogP contribution in [0.5, 0.6) is 0 Å². The molecule has 0 aliphatic heterocycles. The Morgan fingerprint density at radius 1 is 0.857 bits per heavy atom. The van der Waals surface area contributed by atoms with Crippen LogP contribution in [-0.2, 0) is 23.8 Å². The van der Waals surface area contributed by atoms with Crippen LogP contribution in [0.3, 0.4) is 0 Å². The molecule has 2 N–H and O–H groups in total. The molecule has 0 aromatic rings. The number of rotatable bonds is 13. The lowest BCUT2D eigenvalue weighted by molar-refractivity contribution is -0.151. The molecular formula is C13H25NO7. The van der Waals surface area contributed by atoms with E-state index in [1.807, 2.05) is 0 Å². The van der Waals surface area contributed by atoms with Gasteiger partial charge in [-0.25, -0.2) is 0 Å². The Morgan fingerprint density at radius 2 is 1.38 bits per heavy atom. The summed E-state index contributed by atoms with van der Waals surface area (Å²) in [5.74, 6) is -0.946. The summed E-state index contributed by atoms with van der Waals surface area (Å²) in [5.41, 5.74) is 0. The lowest BCUT2D eigenvalue weighted by Crippen LogP contribution is -2.33. The summed E-state index contributed by atoms with van der Waals surface area (Å²) in [6, 6.07) is 0. The van der Waals surface area contributed by atoms with Crippen molar-refractivity contribution in [3.05, 3.63) is 0 Å². The van der Waals surface area contributed by atoms with Crippen LogP contribution in [0.1, 0.15) is 12.8 Å². The predicted octanol–water partition coefficient (Wildman–Crippen LogP) is -1.21. The van der Waals surface area contributed by atoms with E-state index in [4.69, 9.17) is 24.4 Å². The average molecular weight is 307 g/mol. The van der Waals surface area contributed by atoms with E-state index in [0.717, 1.165) is 0 Å². The molecule has 0 rings (SSSR count). The maximum absolute atomic E-state index is 11.4. The topological polar surface area (TPSA) is 106 Å². The highest BCUT2D eigenvalue weighted by Crippen LogP contribution is 1.97. The zero-order valence-electron chi connectivity index (χ0n) is 12.5. The van der Waals surface area contributed by atoms with E-state index in [-0.39, 0.29) is 39.3 Å². The van der Waals surface area contributed by atoms with E-state index >= 15 is 0 Å². The van der Waals surface area contributed by atoms with Crippen LogP contribution in [0.25, 0.3) is 0 Å². The smallest absolute Gasteiger partial charge is 0.306 e. The number of methoxy groups -OCH3 is 1. The number of esters is 2. The molecule has 0 fully saturated rings. The lowest BCUT2D eigenvalue weighted by Gasteiger charge is -2.19. The van der Waals surface area contributed by atoms with Gasteiger partial charge in [-0.15, -0.1) is 0 Å². The van der Waals surface area contributed by atoms with Crippen molar-refractivity contribution in [2.45, 2.75) is 12.8 Å². The number of ether oxygens (including phenoxy) is 3. The molecule has 0 saturated heterocycles. The summed E-state index contributed by atoms with van der Waals surface area (Å²) >= 11 is 0. The first kappa shape index (κ1) is 19.8. The molecule has 0 spiro atoms. The molecule has 0 saturated carbocycles. The Bertz CT molecular complexity index is 280. The fourth-order valence-electron chi connectivity index (χ4n) is 1.49. The van der Waals surface area contributed by atoms with Crippen molar-refractivity contribution in [2.24, 2.45) is 0 Å². The van der Waals surface area contributed by atoms with Gasteiger partial charge in [0.15, 0.2) is 0 Å². The second kappa shape index (κ2) is 13.7. The van der Waals surface area contributed by atoms with Gasteiger partial charge in [-0.2, -0.15) is 0 Å². The molecule has 0 aromatic carbocycles. The van der Waals surface area contributed by atoms with E-state index in [1.165, 1.54) is 7.11 Å². The molecule has 124 valence electrons. The second-order valence-corrected chi connectivity index (χ2v) is 4.22. The molecule has 0 unspecified atom stereocenters. The fraction of sp³-hybridized carbons (Fsp3) is 0.846. The van der Waals surface area contributed by atoms with Gasteiger partial charge < -0.3 is 24.4 Å². The zero-order chi connectivity index (χ0) is 15.9. The molecule has 21 heavy (non-hydrogen) atoms. The minimum Gasteiger partial charge on any atom is -0.464 e. The number of hydrogen-bond donors (Lipinski definition) is 2. The number of nitrogens with zero attached hydrogens (tertiary/aromatic N) is 1. The number of aliphatic hydroxyl groups excluding tert-OH is 2. The molecular weight excluding hydrogens is 282 g/mol. The van der Waals surface area contributed by atoms with Crippen molar-refractivity contribution < 1.29 is 34.0 Å². The first-order valence-electron chi connectivity index (χ1n) is 6.88. The molecule has 0 aromatic heterocycles. The maximum atomic E-state index is 11.4. The van der Waals surface area contributed by atoms with Gasteiger partial charge in [-0.05, 0) is 0 Å².